The molecule has 0 saturated heterocycles. The summed E-state index contributed by atoms with van der Waals surface area (Å²) in [6.07, 6.45) is 1.15. The molecule has 0 aliphatic rings. The molecule has 0 aliphatic heterocycles. The first-order chi connectivity index (χ1) is 9.80. The molecule has 0 saturated carbocycles. The molecule has 0 atom stereocenters. The van der Waals surface area contributed by atoms with Crippen LogP contribution in [0.15, 0.2) is 28.7 Å². The quantitative estimate of drug-likeness (QED) is 0.743. The van der Waals surface area contributed by atoms with E-state index in [0.717, 1.165) is 50.5 Å². The van der Waals surface area contributed by atoms with Crippen LogP contribution in [0.2, 0.25) is 0 Å². The Morgan fingerprint density at radius 2 is 1.85 bits per heavy atom. The number of nitrogens with zero attached hydrogens (tertiary/aromatic N) is 1. The van der Waals surface area contributed by atoms with Crippen LogP contribution in [0.4, 0.5) is 0 Å². The maximum absolute atomic E-state index is 6.08. The first-order valence-corrected chi connectivity index (χ1v) is 7.72. The Labute approximate surface area is 122 Å². The Bertz CT molecular complexity index is 529. The van der Waals surface area contributed by atoms with Gasteiger partial charge in [-0.25, -0.2) is 0 Å². The van der Waals surface area contributed by atoms with Gasteiger partial charge in [0.1, 0.15) is 11.3 Å². The minimum absolute atomic E-state index is 0.890. The van der Waals surface area contributed by atoms with Crippen molar-refractivity contribution in [3.05, 3.63) is 35.6 Å². The molecule has 3 nitrogen and oxygen atoms in total. The zero-order valence-corrected chi connectivity index (χ0v) is 12.9. The molecule has 1 N–H and O–H groups in total. The molecule has 0 unspecified atom stereocenters. The number of fused-ring (bicyclic) bond motifs is 1. The summed E-state index contributed by atoms with van der Waals surface area (Å²) in [5.74, 6) is 1.11. The van der Waals surface area contributed by atoms with Crippen LogP contribution in [0.1, 0.15) is 38.5 Å². The van der Waals surface area contributed by atoms with Gasteiger partial charge in [-0.05, 0) is 32.1 Å². The summed E-state index contributed by atoms with van der Waals surface area (Å²) in [6.45, 7) is 11.5. The molecule has 0 spiro atoms. The largest absolute Gasteiger partial charge is 0.459 e. The predicted molar refractivity (Wildman–Crippen MR) is 84.8 cm³/mol. The van der Waals surface area contributed by atoms with Crippen molar-refractivity contribution in [2.75, 3.05) is 19.6 Å². The van der Waals surface area contributed by atoms with E-state index in [1.165, 1.54) is 10.9 Å². The molecule has 0 amide bonds. The van der Waals surface area contributed by atoms with Crippen LogP contribution in [0.5, 0.6) is 0 Å². The molecule has 1 aromatic carbocycles. The van der Waals surface area contributed by atoms with Gasteiger partial charge < -0.3 is 9.73 Å². The number of hydrogen-bond donors (Lipinski definition) is 1. The fourth-order valence-corrected chi connectivity index (χ4v) is 2.51. The molecule has 0 bridgehead atoms. The standard InChI is InChI=1S/C17H26N2O/c1-4-11-18-12-15-14-9-7-8-10-16(14)20-17(15)13-19(5-2)6-3/h7-10,18H,4-6,11-13H2,1-3H3. The molecule has 20 heavy (non-hydrogen) atoms. The van der Waals surface area contributed by atoms with Crippen molar-refractivity contribution in [3.8, 4) is 0 Å². The van der Waals surface area contributed by atoms with Crippen LogP contribution in [0.25, 0.3) is 11.0 Å². The lowest BCUT2D eigenvalue weighted by molar-refractivity contribution is 0.270. The van der Waals surface area contributed by atoms with E-state index in [2.05, 4.69) is 49.2 Å². The van der Waals surface area contributed by atoms with Crippen molar-refractivity contribution >= 4 is 11.0 Å². The van der Waals surface area contributed by atoms with Gasteiger partial charge >= 0.3 is 0 Å². The van der Waals surface area contributed by atoms with Crippen LogP contribution in [-0.2, 0) is 13.1 Å². The number of hydrogen-bond acceptors (Lipinski definition) is 3. The van der Waals surface area contributed by atoms with Gasteiger partial charge in [-0.2, -0.15) is 0 Å². The first-order valence-electron chi connectivity index (χ1n) is 7.72. The summed E-state index contributed by atoms with van der Waals surface area (Å²) in [5.41, 5.74) is 2.32. The molecular weight excluding hydrogens is 248 g/mol. The summed E-state index contributed by atoms with van der Waals surface area (Å²) in [7, 11) is 0. The lowest BCUT2D eigenvalue weighted by atomic mass is 10.1. The van der Waals surface area contributed by atoms with Gasteiger partial charge in [-0.15, -0.1) is 0 Å². The molecule has 0 fully saturated rings. The maximum Gasteiger partial charge on any atom is 0.134 e. The molecule has 1 heterocycles. The smallest absolute Gasteiger partial charge is 0.134 e. The Hall–Kier alpha value is -1.32. The van der Waals surface area contributed by atoms with E-state index in [1.54, 1.807) is 0 Å². The van der Waals surface area contributed by atoms with Crippen LogP contribution in [0.3, 0.4) is 0 Å². The van der Waals surface area contributed by atoms with Gasteiger partial charge in [0.15, 0.2) is 0 Å². The van der Waals surface area contributed by atoms with Crippen molar-refractivity contribution < 1.29 is 4.42 Å². The Morgan fingerprint density at radius 1 is 1.10 bits per heavy atom. The molecule has 0 radical (unpaired) electrons. The number of para-hydroxylation sites is 1. The maximum atomic E-state index is 6.08. The third-order valence-electron chi connectivity index (χ3n) is 3.77. The van der Waals surface area contributed by atoms with Crippen LogP contribution in [-0.4, -0.2) is 24.5 Å². The van der Waals surface area contributed by atoms with Gasteiger partial charge in [0.05, 0.1) is 6.54 Å². The summed E-state index contributed by atoms with van der Waals surface area (Å²) < 4.78 is 6.08. The Kier molecular flexibility index (Phi) is 5.62. The molecule has 0 aliphatic carbocycles. The van der Waals surface area contributed by atoms with E-state index < -0.39 is 0 Å². The average Bonchev–Trinajstić information content (AvgIpc) is 2.83. The Morgan fingerprint density at radius 3 is 2.55 bits per heavy atom. The summed E-state index contributed by atoms with van der Waals surface area (Å²) in [4.78, 5) is 2.39. The first kappa shape index (κ1) is 15.1. The zero-order valence-electron chi connectivity index (χ0n) is 12.9. The van der Waals surface area contributed by atoms with E-state index in [1.807, 2.05) is 6.07 Å². The highest BCUT2D eigenvalue weighted by atomic mass is 16.3. The number of furan rings is 1. The zero-order chi connectivity index (χ0) is 14.4. The van der Waals surface area contributed by atoms with E-state index in [0.29, 0.717) is 0 Å². The average molecular weight is 274 g/mol. The summed E-state index contributed by atoms with van der Waals surface area (Å²) >= 11 is 0. The minimum atomic E-state index is 0.890. The highest BCUT2D eigenvalue weighted by molar-refractivity contribution is 5.82. The van der Waals surface area contributed by atoms with Gasteiger partial charge in [-0.1, -0.05) is 39.0 Å². The third-order valence-corrected chi connectivity index (χ3v) is 3.77. The van der Waals surface area contributed by atoms with Gasteiger partial charge in [0.25, 0.3) is 0 Å². The highest BCUT2D eigenvalue weighted by Crippen LogP contribution is 2.26. The predicted octanol–water partition coefficient (Wildman–Crippen LogP) is 3.77. The second kappa shape index (κ2) is 7.46. The fourth-order valence-electron chi connectivity index (χ4n) is 2.51. The molecule has 2 rings (SSSR count). The third kappa shape index (κ3) is 3.41. The van der Waals surface area contributed by atoms with Crippen molar-refractivity contribution in [2.24, 2.45) is 0 Å². The van der Waals surface area contributed by atoms with Gasteiger partial charge in [0.2, 0.25) is 0 Å². The van der Waals surface area contributed by atoms with Crippen molar-refractivity contribution in [3.63, 3.8) is 0 Å². The Balaban J connectivity index is 2.28. The monoisotopic (exact) mass is 274 g/mol. The number of nitrogens with one attached hydrogen (secondary N) is 1. The van der Waals surface area contributed by atoms with Crippen LogP contribution >= 0.6 is 0 Å². The van der Waals surface area contributed by atoms with E-state index in [-0.39, 0.29) is 0 Å². The molecule has 1 aromatic heterocycles. The molecular formula is C17H26N2O. The number of rotatable bonds is 8. The van der Waals surface area contributed by atoms with Crippen molar-refractivity contribution in [1.82, 2.24) is 10.2 Å². The van der Waals surface area contributed by atoms with Gasteiger partial charge in [-0.3, -0.25) is 4.90 Å². The number of benzene rings is 1. The van der Waals surface area contributed by atoms with Crippen molar-refractivity contribution in [1.29, 1.82) is 0 Å². The van der Waals surface area contributed by atoms with E-state index in [9.17, 15) is 0 Å². The fraction of sp³-hybridized carbons (Fsp3) is 0.529. The van der Waals surface area contributed by atoms with Crippen LogP contribution in [0, 0.1) is 0 Å². The van der Waals surface area contributed by atoms with Gasteiger partial charge in [0, 0.05) is 17.5 Å². The van der Waals surface area contributed by atoms with E-state index in [4.69, 9.17) is 4.42 Å². The molecule has 110 valence electrons. The molecule has 2 aromatic rings. The lowest BCUT2D eigenvalue weighted by Gasteiger charge is -2.17. The van der Waals surface area contributed by atoms with E-state index >= 15 is 0 Å². The normalized spacial score (nSPS) is 11.6. The second-order valence-electron chi connectivity index (χ2n) is 5.14. The summed E-state index contributed by atoms with van der Waals surface area (Å²) in [5, 5.41) is 4.75. The highest BCUT2D eigenvalue weighted by Gasteiger charge is 2.15. The van der Waals surface area contributed by atoms with Crippen molar-refractivity contribution in [2.45, 2.75) is 40.3 Å². The second-order valence-corrected chi connectivity index (χ2v) is 5.14. The minimum Gasteiger partial charge on any atom is -0.459 e. The molecule has 3 heteroatoms. The topological polar surface area (TPSA) is 28.4 Å². The van der Waals surface area contributed by atoms with Crippen LogP contribution < -0.4 is 5.32 Å². The SMILES string of the molecule is CCCNCc1c(CN(CC)CC)oc2ccccc12. The lowest BCUT2D eigenvalue weighted by Crippen LogP contribution is -2.23. The summed E-state index contributed by atoms with van der Waals surface area (Å²) in [6, 6.07) is 8.34.